The van der Waals surface area contributed by atoms with Gasteiger partial charge in [-0.3, -0.25) is 0 Å². The molecule has 0 amide bonds. The minimum Gasteiger partial charge on any atom is -0.370 e. The molecule has 21 heavy (non-hydrogen) atoms. The van der Waals surface area contributed by atoms with Gasteiger partial charge >= 0.3 is 6.18 Å². The zero-order valence-electron chi connectivity index (χ0n) is 12.7. The van der Waals surface area contributed by atoms with Crippen molar-refractivity contribution in [2.45, 2.75) is 45.8 Å². The van der Waals surface area contributed by atoms with E-state index in [9.17, 15) is 13.2 Å². The second-order valence-electron chi connectivity index (χ2n) is 5.81. The smallest absolute Gasteiger partial charge is 0.370 e. The number of piperidine rings is 1. The Morgan fingerprint density at radius 1 is 1.29 bits per heavy atom. The van der Waals surface area contributed by atoms with Crippen LogP contribution in [0.3, 0.4) is 0 Å². The Kier molecular flexibility index (Phi) is 4.64. The van der Waals surface area contributed by atoms with Gasteiger partial charge in [0, 0.05) is 19.1 Å². The van der Waals surface area contributed by atoms with Crippen molar-refractivity contribution in [3.05, 3.63) is 17.7 Å². The molecule has 0 bridgehead atoms. The molecule has 0 aromatic carbocycles. The molecule has 0 radical (unpaired) electrons. The number of nitrogens with zero attached hydrogens (tertiary/aromatic N) is 2. The molecule has 1 aliphatic rings. The second kappa shape index (κ2) is 6.12. The van der Waals surface area contributed by atoms with Crippen molar-refractivity contribution in [1.82, 2.24) is 4.98 Å². The second-order valence-corrected chi connectivity index (χ2v) is 5.81. The van der Waals surface area contributed by atoms with Gasteiger partial charge in [0.25, 0.3) is 0 Å². The van der Waals surface area contributed by atoms with E-state index >= 15 is 0 Å². The quantitative estimate of drug-likeness (QED) is 0.908. The maximum Gasteiger partial charge on any atom is 0.416 e. The van der Waals surface area contributed by atoms with E-state index in [1.54, 1.807) is 0 Å². The van der Waals surface area contributed by atoms with Gasteiger partial charge in [-0.05, 0) is 44.7 Å². The Hall–Kier alpha value is -1.46. The SMILES string of the molecule is CCNc1cc(C(F)(F)F)cc(N2CC(C)CCC2C)n1. The predicted molar refractivity (Wildman–Crippen MR) is 78.6 cm³/mol. The van der Waals surface area contributed by atoms with Crippen LogP contribution in [0, 0.1) is 5.92 Å². The van der Waals surface area contributed by atoms with Gasteiger partial charge in [0.2, 0.25) is 0 Å². The van der Waals surface area contributed by atoms with E-state index in [1.165, 1.54) is 0 Å². The van der Waals surface area contributed by atoms with Gasteiger partial charge in [0.15, 0.2) is 0 Å². The monoisotopic (exact) mass is 301 g/mol. The third-order valence-corrected chi connectivity index (χ3v) is 3.91. The topological polar surface area (TPSA) is 28.2 Å². The van der Waals surface area contributed by atoms with Crippen LogP contribution in [0.25, 0.3) is 0 Å². The van der Waals surface area contributed by atoms with E-state index in [0.717, 1.165) is 31.5 Å². The summed E-state index contributed by atoms with van der Waals surface area (Å²) in [4.78, 5) is 6.35. The van der Waals surface area contributed by atoms with Crippen molar-refractivity contribution >= 4 is 11.6 Å². The van der Waals surface area contributed by atoms with Crippen LogP contribution in [0.2, 0.25) is 0 Å². The molecule has 2 unspecified atom stereocenters. The maximum atomic E-state index is 13.1. The molecule has 2 atom stereocenters. The molecule has 1 N–H and O–H groups in total. The van der Waals surface area contributed by atoms with Crippen molar-refractivity contribution in [1.29, 1.82) is 0 Å². The maximum absolute atomic E-state index is 13.1. The highest BCUT2D eigenvalue weighted by atomic mass is 19.4. The van der Waals surface area contributed by atoms with Crippen LogP contribution in [0.15, 0.2) is 12.1 Å². The third kappa shape index (κ3) is 3.80. The number of alkyl halides is 3. The lowest BCUT2D eigenvalue weighted by Gasteiger charge is -2.38. The van der Waals surface area contributed by atoms with Gasteiger partial charge in [-0.25, -0.2) is 4.98 Å². The first-order valence-electron chi connectivity index (χ1n) is 7.41. The Balaban J connectivity index is 2.39. The zero-order valence-corrected chi connectivity index (χ0v) is 12.7. The first-order chi connectivity index (χ1) is 9.81. The summed E-state index contributed by atoms with van der Waals surface area (Å²) >= 11 is 0. The van der Waals surface area contributed by atoms with E-state index in [4.69, 9.17) is 0 Å². The first-order valence-corrected chi connectivity index (χ1v) is 7.41. The molecule has 1 aromatic heterocycles. The number of anilines is 2. The Morgan fingerprint density at radius 2 is 2.00 bits per heavy atom. The fourth-order valence-corrected chi connectivity index (χ4v) is 2.71. The van der Waals surface area contributed by atoms with Crippen LogP contribution in [-0.2, 0) is 6.18 Å². The van der Waals surface area contributed by atoms with Crippen LogP contribution < -0.4 is 10.2 Å². The fraction of sp³-hybridized carbons (Fsp3) is 0.667. The number of rotatable bonds is 3. The number of nitrogens with one attached hydrogen (secondary N) is 1. The van der Waals surface area contributed by atoms with Crippen LogP contribution in [-0.4, -0.2) is 24.1 Å². The highest BCUT2D eigenvalue weighted by Crippen LogP contribution is 2.34. The van der Waals surface area contributed by atoms with Gasteiger partial charge in [0.1, 0.15) is 11.6 Å². The molecule has 1 saturated heterocycles. The lowest BCUT2D eigenvalue weighted by molar-refractivity contribution is -0.137. The molecular formula is C15H22F3N3. The molecule has 2 rings (SSSR count). The van der Waals surface area contributed by atoms with Gasteiger partial charge in [0.05, 0.1) is 5.56 Å². The number of aromatic nitrogens is 1. The van der Waals surface area contributed by atoms with Gasteiger partial charge in [-0.15, -0.1) is 0 Å². The minimum absolute atomic E-state index is 0.215. The van der Waals surface area contributed by atoms with Crippen molar-refractivity contribution in [3.63, 3.8) is 0 Å². The minimum atomic E-state index is -4.35. The fourth-order valence-electron chi connectivity index (χ4n) is 2.71. The average Bonchev–Trinajstić information content (AvgIpc) is 2.40. The summed E-state index contributed by atoms with van der Waals surface area (Å²) < 4.78 is 39.2. The molecule has 1 aliphatic heterocycles. The standard InChI is InChI=1S/C15H22F3N3/c1-4-19-13-7-12(15(16,17)18)8-14(20-13)21-9-10(2)5-6-11(21)3/h7-8,10-11H,4-6,9H2,1-3H3,(H,19,20). The number of hydrogen-bond donors (Lipinski definition) is 1. The van der Waals surface area contributed by atoms with Crippen molar-refractivity contribution in [3.8, 4) is 0 Å². The van der Waals surface area contributed by atoms with E-state index in [0.29, 0.717) is 18.3 Å². The third-order valence-electron chi connectivity index (χ3n) is 3.91. The average molecular weight is 301 g/mol. The summed E-state index contributed by atoms with van der Waals surface area (Å²) in [6.45, 7) is 7.30. The van der Waals surface area contributed by atoms with Gasteiger partial charge in [-0.1, -0.05) is 6.92 Å². The Morgan fingerprint density at radius 3 is 2.62 bits per heavy atom. The summed E-state index contributed by atoms with van der Waals surface area (Å²) in [7, 11) is 0. The number of halogens is 3. The van der Waals surface area contributed by atoms with Gasteiger partial charge in [-0.2, -0.15) is 13.2 Å². The predicted octanol–water partition coefficient (Wildman–Crippen LogP) is 4.16. The van der Waals surface area contributed by atoms with E-state index in [-0.39, 0.29) is 11.9 Å². The summed E-state index contributed by atoms with van der Waals surface area (Å²) in [5.41, 5.74) is -0.645. The Bertz CT molecular complexity index is 488. The van der Waals surface area contributed by atoms with Crippen LogP contribution in [0.1, 0.15) is 39.2 Å². The molecule has 1 fully saturated rings. The molecule has 0 spiro atoms. The highest BCUT2D eigenvalue weighted by molar-refractivity contribution is 5.52. The molecule has 0 saturated carbocycles. The number of pyridine rings is 1. The first kappa shape index (κ1) is 15.9. The van der Waals surface area contributed by atoms with Crippen LogP contribution in [0.5, 0.6) is 0 Å². The van der Waals surface area contributed by atoms with Gasteiger partial charge < -0.3 is 10.2 Å². The van der Waals surface area contributed by atoms with Crippen molar-refractivity contribution < 1.29 is 13.2 Å². The lowest BCUT2D eigenvalue weighted by atomic mass is 9.95. The van der Waals surface area contributed by atoms with Crippen LogP contribution >= 0.6 is 0 Å². The molecule has 0 aliphatic carbocycles. The zero-order chi connectivity index (χ0) is 15.6. The van der Waals surface area contributed by atoms with Crippen molar-refractivity contribution in [2.75, 3.05) is 23.3 Å². The lowest BCUT2D eigenvalue weighted by Crippen LogP contribution is -2.41. The number of hydrogen-bond acceptors (Lipinski definition) is 3. The molecule has 6 heteroatoms. The van der Waals surface area contributed by atoms with Crippen molar-refractivity contribution in [2.24, 2.45) is 5.92 Å². The van der Waals surface area contributed by atoms with E-state index in [1.807, 2.05) is 18.7 Å². The highest BCUT2D eigenvalue weighted by Gasteiger charge is 2.33. The largest absolute Gasteiger partial charge is 0.416 e. The summed E-state index contributed by atoms with van der Waals surface area (Å²) in [5.74, 6) is 1.17. The van der Waals surface area contributed by atoms with E-state index < -0.39 is 11.7 Å². The molecule has 2 heterocycles. The summed E-state index contributed by atoms with van der Waals surface area (Å²) in [6.07, 6.45) is -2.27. The molecule has 118 valence electrons. The van der Waals surface area contributed by atoms with E-state index in [2.05, 4.69) is 17.2 Å². The Labute approximate surface area is 123 Å². The van der Waals surface area contributed by atoms with Crippen LogP contribution in [0.4, 0.5) is 24.8 Å². The molecular weight excluding hydrogens is 279 g/mol. The molecule has 1 aromatic rings. The normalized spacial score (nSPS) is 23.2. The molecule has 3 nitrogen and oxygen atoms in total. The summed E-state index contributed by atoms with van der Waals surface area (Å²) in [5, 5.41) is 2.89. The summed E-state index contributed by atoms with van der Waals surface area (Å²) in [6, 6.07) is 2.45.